The fraction of sp³-hybridized carbons (Fsp3) is 0.273. The van der Waals surface area contributed by atoms with Crippen molar-refractivity contribution >= 4 is 26.8 Å². The zero-order chi connectivity index (χ0) is 24.8. The van der Waals surface area contributed by atoms with Crippen LogP contribution in [0.1, 0.15) is 17.5 Å². The molecule has 0 radical (unpaired) electrons. The summed E-state index contributed by atoms with van der Waals surface area (Å²) in [5.41, 5.74) is 0.503. The second-order valence-electron chi connectivity index (χ2n) is 7.79. The van der Waals surface area contributed by atoms with Gasteiger partial charge in [0, 0.05) is 12.4 Å². The first-order valence-electron chi connectivity index (χ1n) is 10.4. The van der Waals surface area contributed by atoms with Crippen molar-refractivity contribution in [1.29, 1.82) is 0 Å². The summed E-state index contributed by atoms with van der Waals surface area (Å²) in [4.78, 5) is -0.553. The minimum atomic E-state index is -4.51. The third kappa shape index (κ3) is 4.01. The molecule has 0 saturated carbocycles. The van der Waals surface area contributed by atoms with Gasteiger partial charge in [-0.1, -0.05) is 5.16 Å². The molecule has 35 heavy (non-hydrogen) atoms. The van der Waals surface area contributed by atoms with Gasteiger partial charge < -0.3 is 18.7 Å². The number of anilines is 1. The lowest BCUT2D eigenvalue weighted by molar-refractivity contribution is -0.0415. The first kappa shape index (κ1) is 22.9. The Morgan fingerprint density at radius 3 is 2.71 bits per heavy atom. The van der Waals surface area contributed by atoms with Crippen molar-refractivity contribution in [2.75, 3.05) is 25.5 Å². The van der Waals surface area contributed by atoms with Crippen LogP contribution in [0.2, 0.25) is 0 Å². The molecule has 1 aliphatic heterocycles. The van der Waals surface area contributed by atoms with Crippen LogP contribution < -0.4 is 18.9 Å². The third-order valence-corrected chi connectivity index (χ3v) is 6.96. The van der Waals surface area contributed by atoms with Gasteiger partial charge in [-0.3, -0.25) is 9.40 Å². The fourth-order valence-electron chi connectivity index (χ4n) is 3.98. The summed E-state index contributed by atoms with van der Waals surface area (Å²) in [5.74, 6) is -3.75. The van der Waals surface area contributed by atoms with E-state index in [1.165, 1.54) is 20.3 Å². The van der Waals surface area contributed by atoms with E-state index in [-0.39, 0.29) is 29.1 Å². The molecule has 1 aliphatic rings. The predicted molar refractivity (Wildman–Crippen MR) is 120 cm³/mol. The van der Waals surface area contributed by atoms with Crippen LogP contribution in [0.25, 0.3) is 11.0 Å². The third-order valence-electron chi connectivity index (χ3n) is 5.57. The molecule has 3 heterocycles. The second kappa shape index (κ2) is 8.41. The number of rotatable bonds is 7. The summed E-state index contributed by atoms with van der Waals surface area (Å²) in [5, 5.41) is 8.27. The predicted octanol–water partition coefficient (Wildman–Crippen LogP) is 3.76. The average molecular weight is 506 g/mol. The molecule has 2 aromatic heterocycles. The summed E-state index contributed by atoms with van der Waals surface area (Å²) < 4.78 is 81.2. The topological polar surface area (TPSA) is 118 Å². The average Bonchev–Trinajstić information content (AvgIpc) is 3.47. The van der Waals surface area contributed by atoms with Gasteiger partial charge in [0.15, 0.2) is 22.0 Å². The van der Waals surface area contributed by atoms with Gasteiger partial charge in [0.05, 0.1) is 39.4 Å². The van der Waals surface area contributed by atoms with Crippen LogP contribution in [0.15, 0.2) is 52.1 Å². The van der Waals surface area contributed by atoms with Crippen LogP contribution in [-0.4, -0.2) is 44.2 Å². The highest BCUT2D eigenvalue weighted by atomic mass is 32.2. The summed E-state index contributed by atoms with van der Waals surface area (Å²) >= 11 is 0. The van der Waals surface area contributed by atoms with Crippen LogP contribution in [0, 0.1) is 0 Å². The van der Waals surface area contributed by atoms with Crippen molar-refractivity contribution in [1.82, 2.24) is 14.9 Å². The lowest BCUT2D eigenvalue weighted by Gasteiger charge is -2.27. The molecule has 0 spiro atoms. The molecule has 13 heteroatoms. The van der Waals surface area contributed by atoms with Gasteiger partial charge in [-0.2, -0.15) is 5.10 Å². The quantitative estimate of drug-likeness (QED) is 0.403. The van der Waals surface area contributed by atoms with Gasteiger partial charge in [0.25, 0.3) is 15.9 Å². The van der Waals surface area contributed by atoms with E-state index in [4.69, 9.17) is 18.7 Å². The Balaban J connectivity index is 1.58. The number of nitrogens with zero attached hydrogens (tertiary/aromatic N) is 3. The Kier molecular flexibility index (Phi) is 5.50. The van der Waals surface area contributed by atoms with Gasteiger partial charge in [-0.15, -0.1) is 0 Å². The highest BCUT2D eigenvalue weighted by molar-refractivity contribution is 7.93. The highest BCUT2D eigenvalue weighted by Gasteiger charge is 2.42. The fourth-order valence-corrected chi connectivity index (χ4v) is 5.30. The minimum absolute atomic E-state index is 0.157. The van der Waals surface area contributed by atoms with Crippen LogP contribution in [-0.2, 0) is 22.5 Å². The van der Waals surface area contributed by atoms with Gasteiger partial charge in [-0.05, 0) is 35.9 Å². The maximum atomic E-state index is 14.5. The largest absolute Gasteiger partial charge is 0.496 e. The van der Waals surface area contributed by atoms with Crippen molar-refractivity contribution in [3.8, 4) is 17.2 Å². The second-order valence-corrected chi connectivity index (χ2v) is 9.41. The van der Waals surface area contributed by atoms with E-state index in [0.29, 0.717) is 12.3 Å². The molecular weight excluding hydrogens is 486 g/mol. The standard InChI is InChI=1S/C22H20F2N4O6S/c1-31-15-5-4-14-19(33-9-6-22(14,23)24)20(15)35(29,30)27-21-18-16(32-2)10-13(11-17(18)34-26-21)12-28-8-3-7-25-28/h3-5,7-8,10-11H,6,9,12H2,1-2H3,(H,26,27). The molecule has 0 unspecified atom stereocenters. The number of aromatic nitrogens is 3. The number of benzene rings is 2. The lowest BCUT2D eigenvalue weighted by atomic mass is 10.0. The molecule has 4 aromatic rings. The Labute approximate surface area is 198 Å². The minimum Gasteiger partial charge on any atom is -0.496 e. The smallest absolute Gasteiger partial charge is 0.280 e. The molecule has 0 bridgehead atoms. The van der Waals surface area contributed by atoms with Crippen molar-refractivity contribution in [3.05, 3.63) is 53.9 Å². The van der Waals surface area contributed by atoms with E-state index in [2.05, 4.69) is 15.0 Å². The SMILES string of the molecule is COc1ccc2c(c1S(=O)(=O)Nc1noc3cc(Cn4cccn4)cc(OC)c13)OCCC2(F)F. The number of methoxy groups -OCH3 is 2. The molecule has 184 valence electrons. The van der Waals surface area contributed by atoms with E-state index < -0.39 is 38.6 Å². The molecule has 0 amide bonds. The number of sulfonamides is 1. The number of fused-ring (bicyclic) bond motifs is 2. The number of hydrogen-bond acceptors (Lipinski definition) is 8. The summed E-state index contributed by atoms with van der Waals surface area (Å²) in [7, 11) is -1.86. The van der Waals surface area contributed by atoms with E-state index in [0.717, 1.165) is 11.6 Å². The van der Waals surface area contributed by atoms with E-state index in [1.54, 1.807) is 35.3 Å². The van der Waals surface area contributed by atoms with Crippen LogP contribution in [0.5, 0.6) is 17.2 Å². The zero-order valence-electron chi connectivity index (χ0n) is 18.6. The first-order chi connectivity index (χ1) is 16.7. The maximum absolute atomic E-state index is 14.5. The normalized spacial score (nSPS) is 14.9. The van der Waals surface area contributed by atoms with Gasteiger partial charge in [-0.25, -0.2) is 17.2 Å². The Bertz CT molecular complexity index is 1500. The van der Waals surface area contributed by atoms with Gasteiger partial charge in [0.2, 0.25) is 0 Å². The first-order valence-corrected chi connectivity index (χ1v) is 11.9. The van der Waals surface area contributed by atoms with Crippen molar-refractivity contribution < 1.29 is 35.9 Å². The lowest BCUT2D eigenvalue weighted by Crippen LogP contribution is -2.27. The zero-order valence-corrected chi connectivity index (χ0v) is 19.4. The molecular formula is C22H20F2N4O6S. The molecule has 1 N–H and O–H groups in total. The summed E-state index contributed by atoms with van der Waals surface area (Å²) in [6.07, 6.45) is 2.87. The van der Waals surface area contributed by atoms with Crippen molar-refractivity contribution in [2.45, 2.75) is 23.8 Å². The molecule has 2 aromatic carbocycles. The van der Waals surface area contributed by atoms with Crippen LogP contribution in [0.3, 0.4) is 0 Å². The van der Waals surface area contributed by atoms with Crippen LogP contribution >= 0.6 is 0 Å². The van der Waals surface area contributed by atoms with Gasteiger partial charge >= 0.3 is 0 Å². The number of hydrogen-bond donors (Lipinski definition) is 1. The van der Waals surface area contributed by atoms with Crippen molar-refractivity contribution in [2.24, 2.45) is 0 Å². The van der Waals surface area contributed by atoms with E-state index in [9.17, 15) is 17.2 Å². The summed E-state index contributed by atoms with van der Waals surface area (Å²) in [6.45, 7) is 0.0649. The molecule has 0 saturated heterocycles. The number of alkyl halides is 2. The van der Waals surface area contributed by atoms with E-state index >= 15 is 0 Å². The Morgan fingerprint density at radius 2 is 2.00 bits per heavy atom. The maximum Gasteiger partial charge on any atom is 0.280 e. The van der Waals surface area contributed by atoms with Crippen LogP contribution in [0.4, 0.5) is 14.6 Å². The molecule has 0 atom stereocenters. The highest BCUT2D eigenvalue weighted by Crippen LogP contribution is 2.48. The van der Waals surface area contributed by atoms with Crippen molar-refractivity contribution in [3.63, 3.8) is 0 Å². The number of nitrogens with one attached hydrogen (secondary N) is 1. The Morgan fingerprint density at radius 1 is 1.20 bits per heavy atom. The monoisotopic (exact) mass is 506 g/mol. The molecule has 5 rings (SSSR count). The Hall–Kier alpha value is -3.87. The molecule has 0 aliphatic carbocycles. The van der Waals surface area contributed by atoms with E-state index in [1.807, 2.05) is 0 Å². The number of halogens is 2. The summed E-state index contributed by atoms with van der Waals surface area (Å²) in [6, 6.07) is 7.43. The molecule has 0 fully saturated rings. The molecule has 10 nitrogen and oxygen atoms in total. The number of ether oxygens (including phenoxy) is 3. The van der Waals surface area contributed by atoms with Gasteiger partial charge in [0.1, 0.15) is 16.9 Å².